The Labute approximate surface area is 125 Å². The largest absolute Gasteiger partial charge is 0.290 e. The second-order valence-corrected chi connectivity index (χ2v) is 6.63. The van der Waals surface area contributed by atoms with Gasteiger partial charge in [-0.05, 0) is 29.6 Å². The van der Waals surface area contributed by atoms with Crippen LogP contribution < -0.4 is 0 Å². The number of benzene rings is 1. The molecule has 0 saturated carbocycles. The molecule has 1 aliphatic heterocycles. The van der Waals surface area contributed by atoms with E-state index in [1.54, 1.807) is 47.8 Å². The maximum atomic E-state index is 11.8. The van der Waals surface area contributed by atoms with E-state index in [0.717, 1.165) is 15.7 Å². The van der Waals surface area contributed by atoms with Gasteiger partial charge in [-0.3, -0.25) is 14.9 Å². The first-order valence-electron chi connectivity index (χ1n) is 6.09. The van der Waals surface area contributed by atoms with Crippen LogP contribution in [0.2, 0.25) is 0 Å². The van der Waals surface area contributed by atoms with Crippen LogP contribution in [0.4, 0.5) is 5.69 Å². The number of non-ortho nitro benzene ring substituents is 1. The molecule has 1 heterocycles. The Morgan fingerprint density at radius 2 is 2.05 bits per heavy atom. The molecule has 0 amide bonds. The highest BCUT2D eigenvalue weighted by atomic mass is 32.2. The third-order valence-corrected chi connectivity index (χ3v) is 5.06. The summed E-state index contributed by atoms with van der Waals surface area (Å²) in [6, 6.07) is 6.21. The number of nitro benzene ring substituents is 1. The maximum absolute atomic E-state index is 11.8. The van der Waals surface area contributed by atoms with Crippen LogP contribution in [0.15, 0.2) is 40.7 Å². The number of carbonyl (C=O) groups excluding carboxylic acids is 1. The Balaban J connectivity index is 2.03. The molecule has 0 aromatic heterocycles. The summed E-state index contributed by atoms with van der Waals surface area (Å²) in [4.78, 5) is 22.0. The average molecular weight is 307 g/mol. The number of hydrogen-bond donors (Lipinski definition) is 0. The molecule has 1 saturated heterocycles. The fraction of sp³-hybridized carbons (Fsp3) is 0.214. The third kappa shape index (κ3) is 4.54. The zero-order valence-electron chi connectivity index (χ0n) is 10.7. The highest BCUT2D eigenvalue weighted by molar-refractivity contribution is 8.22. The van der Waals surface area contributed by atoms with Gasteiger partial charge in [0.05, 0.1) is 4.92 Å². The van der Waals surface area contributed by atoms with Crippen molar-refractivity contribution in [3.05, 3.63) is 56.3 Å². The van der Waals surface area contributed by atoms with Gasteiger partial charge in [-0.1, -0.05) is 18.2 Å². The van der Waals surface area contributed by atoms with Crippen molar-refractivity contribution < 1.29 is 9.72 Å². The summed E-state index contributed by atoms with van der Waals surface area (Å²) in [6.45, 7) is 0. The van der Waals surface area contributed by atoms with E-state index in [-0.39, 0.29) is 11.5 Å². The minimum absolute atomic E-state index is 0.0244. The van der Waals surface area contributed by atoms with Gasteiger partial charge in [0.2, 0.25) is 0 Å². The number of thioether (sulfide) groups is 2. The fourth-order valence-corrected chi connectivity index (χ4v) is 4.01. The SMILES string of the molecule is O=C(C=Cc1cccc([N+](=O)[O-])c1)C=C1SCCCS1. The lowest BCUT2D eigenvalue weighted by Crippen LogP contribution is -1.94. The molecule has 0 unspecified atom stereocenters. The number of rotatable bonds is 4. The van der Waals surface area contributed by atoms with Gasteiger partial charge in [-0.25, -0.2) is 0 Å². The second kappa shape index (κ2) is 7.31. The van der Waals surface area contributed by atoms with Crippen molar-refractivity contribution in [1.29, 1.82) is 0 Å². The van der Waals surface area contributed by atoms with E-state index in [0.29, 0.717) is 5.56 Å². The first kappa shape index (κ1) is 14.9. The van der Waals surface area contributed by atoms with Crippen LogP contribution in [-0.4, -0.2) is 22.2 Å². The number of nitrogens with zero attached hydrogens (tertiary/aromatic N) is 1. The number of ketones is 1. The van der Waals surface area contributed by atoms with E-state index in [2.05, 4.69) is 0 Å². The molecule has 1 aliphatic rings. The summed E-state index contributed by atoms with van der Waals surface area (Å²) >= 11 is 3.40. The molecule has 0 bridgehead atoms. The van der Waals surface area contributed by atoms with E-state index in [1.165, 1.54) is 24.6 Å². The summed E-state index contributed by atoms with van der Waals surface area (Å²) in [5, 5.41) is 10.7. The van der Waals surface area contributed by atoms with Crippen molar-refractivity contribution in [2.24, 2.45) is 0 Å². The highest BCUT2D eigenvalue weighted by Crippen LogP contribution is 2.34. The second-order valence-electron chi connectivity index (χ2n) is 4.10. The molecular formula is C14H13NO3S2. The lowest BCUT2D eigenvalue weighted by Gasteiger charge is -2.11. The van der Waals surface area contributed by atoms with Crippen molar-refractivity contribution in [3.63, 3.8) is 0 Å². The lowest BCUT2D eigenvalue weighted by atomic mass is 10.2. The van der Waals surface area contributed by atoms with Crippen molar-refractivity contribution >= 4 is 41.1 Å². The van der Waals surface area contributed by atoms with Gasteiger partial charge in [0.1, 0.15) is 0 Å². The molecule has 0 spiro atoms. The normalized spacial score (nSPS) is 15.3. The third-order valence-electron chi connectivity index (χ3n) is 2.56. The van der Waals surface area contributed by atoms with Crippen molar-refractivity contribution in [3.8, 4) is 0 Å². The van der Waals surface area contributed by atoms with E-state index in [4.69, 9.17) is 0 Å². The summed E-state index contributed by atoms with van der Waals surface area (Å²) in [7, 11) is 0. The van der Waals surface area contributed by atoms with Crippen LogP contribution in [0.1, 0.15) is 12.0 Å². The monoisotopic (exact) mass is 307 g/mol. The topological polar surface area (TPSA) is 60.2 Å². The molecule has 1 fully saturated rings. The van der Waals surface area contributed by atoms with Crippen molar-refractivity contribution in [2.75, 3.05) is 11.5 Å². The number of nitro groups is 1. The van der Waals surface area contributed by atoms with Crippen LogP contribution in [0.3, 0.4) is 0 Å². The standard InChI is InChI=1S/C14H13NO3S2/c16-13(10-14-19-7-2-8-20-14)6-5-11-3-1-4-12(9-11)15(17)18/h1,3-6,9-10H,2,7-8H2. The quantitative estimate of drug-likeness (QED) is 0.480. The van der Waals surface area contributed by atoms with E-state index < -0.39 is 4.92 Å². The van der Waals surface area contributed by atoms with E-state index in [1.807, 2.05) is 0 Å². The molecule has 6 heteroatoms. The molecule has 0 aliphatic carbocycles. The zero-order chi connectivity index (χ0) is 14.4. The Morgan fingerprint density at radius 3 is 2.75 bits per heavy atom. The predicted molar refractivity (Wildman–Crippen MR) is 84.8 cm³/mol. The number of hydrogen-bond acceptors (Lipinski definition) is 5. The molecule has 20 heavy (non-hydrogen) atoms. The van der Waals surface area contributed by atoms with Gasteiger partial charge >= 0.3 is 0 Å². The molecule has 0 N–H and O–H groups in total. The van der Waals surface area contributed by atoms with Crippen LogP contribution in [0.25, 0.3) is 6.08 Å². The van der Waals surface area contributed by atoms with Gasteiger partial charge in [0, 0.05) is 22.4 Å². The van der Waals surface area contributed by atoms with E-state index in [9.17, 15) is 14.9 Å². The first-order valence-corrected chi connectivity index (χ1v) is 8.06. The van der Waals surface area contributed by atoms with Crippen molar-refractivity contribution in [1.82, 2.24) is 0 Å². The molecule has 0 radical (unpaired) electrons. The van der Waals surface area contributed by atoms with Crippen molar-refractivity contribution in [2.45, 2.75) is 6.42 Å². The van der Waals surface area contributed by atoms with Gasteiger partial charge in [0.15, 0.2) is 5.78 Å². The minimum atomic E-state index is -0.448. The first-order chi connectivity index (χ1) is 9.65. The summed E-state index contributed by atoms with van der Waals surface area (Å²) < 4.78 is 1.05. The van der Waals surface area contributed by atoms with Crippen LogP contribution in [-0.2, 0) is 4.79 Å². The Morgan fingerprint density at radius 1 is 1.30 bits per heavy atom. The average Bonchev–Trinajstić information content (AvgIpc) is 2.46. The Hall–Kier alpha value is -1.53. The molecule has 1 aromatic rings. The Bertz CT molecular complexity index is 574. The summed E-state index contributed by atoms with van der Waals surface area (Å²) in [5.41, 5.74) is 0.672. The van der Waals surface area contributed by atoms with Gasteiger partial charge in [-0.2, -0.15) is 0 Å². The van der Waals surface area contributed by atoms with Gasteiger partial charge in [0.25, 0.3) is 5.69 Å². The van der Waals surface area contributed by atoms with Crippen LogP contribution in [0.5, 0.6) is 0 Å². The highest BCUT2D eigenvalue weighted by Gasteiger charge is 2.08. The lowest BCUT2D eigenvalue weighted by molar-refractivity contribution is -0.384. The Kier molecular flexibility index (Phi) is 5.43. The van der Waals surface area contributed by atoms with Gasteiger partial charge < -0.3 is 0 Å². The zero-order valence-corrected chi connectivity index (χ0v) is 12.3. The molecule has 2 rings (SSSR count). The molecule has 104 valence electrons. The molecular weight excluding hydrogens is 294 g/mol. The van der Waals surface area contributed by atoms with E-state index >= 15 is 0 Å². The number of carbonyl (C=O) groups is 1. The molecule has 0 atom stereocenters. The summed E-state index contributed by atoms with van der Waals surface area (Å²) in [5.74, 6) is 2.02. The van der Waals surface area contributed by atoms with Gasteiger partial charge in [-0.15, -0.1) is 23.5 Å². The smallest absolute Gasteiger partial charge is 0.270 e. The van der Waals surface area contributed by atoms with Crippen LogP contribution >= 0.6 is 23.5 Å². The van der Waals surface area contributed by atoms with Crippen LogP contribution in [0, 0.1) is 10.1 Å². The number of allylic oxidation sites excluding steroid dienone is 2. The molecule has 4 nitrogen and oxygen atoms in total. The minimum Gasteiger partial charge on any atom is -0.290 e. The fourth-order valence-electron chi connectivity index (χ4n) is 1.61. The predicted octanol–water partition coefficient (Wildman–Crippen LogP) is 3.89. The summed E-state index contributed by atoms with van der Waals surface area (Å²) in [6.07, 6.45) is 5.85. The maximum Gasteiger partial charge on any atom is 0.270 e. The molecule has 1 aromatic carbocycles.